The van der Waals surface area contributed by atoms with Gasteiger partial charge in [0.25, 0.3) is 0 Å². The van der Waals surface area contributed by atoms with Crippen LogP contribution in [0.4, 0.5) is 0 Å². The van der Waals surface area contributed by atoms with Gasteiger partial charge >= 0.3 is 0 Å². The Morgan fingerprint density at radius 3 is 2.28 bits per heavy atom. The number of halogens is 1. The molecule has 1 saturated heterocycles. The van der Waals surface area contributed by atoms with Crippen LogP contribution in [0, 0.1) is 0 Å². The molecule has 0 aromatic heterocycles. The van der Waals surface area contributed by atoms with Crippen molar-refractivity contribution in [1.82, 2.24) is 9.80 Å². The van der Waals surface area contributed by atoms with Crippen molar-refractivity contribution in [2.75, 3.05) is 40.4 Å². The number of fused-ring (bicyclic) bond motifs is 1. The normalized spacial score (nSPS) is 17.4. The van der Waals surface area contributed by atoms with Crippen LogP contribution in [-0.4, -0.2) is 56.1 Å². The van der Waals surface area contributed by atoms with E-state index in [2.05, 4.69) is 17.0 Å². The fraction of sp³-hybridized carbons (Fsp3) is 0.632. The largest absolute Gasteiger partial charge is 0.493 e. The Labute approximate surface area is 156 Å². The van der Waals surface area contributed by atoms with E-state index in [-0.39, 0.29) is 12.4 Å². The summed E-state index contributed by atoms with van der Waals surface area (Å²) in [6.07, 6.45) is 5.20. The monoisotopic (exact) mass is 368 g/mol. The first-order valence-corrected chi connectivity index (χ1v) is 8.95. The molecule has 1 aromatic carbocycles. The Kier molecular flexibility index (Phi) is 7.38. The number of nitrogens with zero attached hydrogens (tertiary/aromatic N) is 2. The van der Waals surface area contributed by atoms with Crippen LogP contribution in [0.5, 0.6) is 11.5 Å². The van der Waals surface area contributed by atoms with Gasteiger partial charge in [-0.2, -0.15) is 0 Å². The summed E-state index contributed by atoms with van der Waals surface area (Å²) in [6.45, 7) is 4.60. The zero-order valence-corrected chi connectivity index (χ0v) is 16.1. The van der Waals surface area contributed by atoms with E-state index in [0.717, 1.165) is 63.5 Å². The van der Waals surface area contributed by atoms with Gasteiger partial charge in [-0.1, -0.05) is 0 Å². The van der Waals surface area contributed by atoms with Crippen molar-refractivity contribution in [3.8, 4) is 11.5 Å². The highest BCUT2D eigenvalue weighted by Gasteiger charge is 2.21. The zero-order valence-electron chi connectivity index (χ0n) is 15.3. The number of methoxy groups -OCH3 is 2. The molecule has 0 saturated carbocycles. The Morgan fingerprint density at radius 1 is 1.00 bits per heavy atom. The molecule has 3 rings (SSSR count). The molecule has 0 spiro atoms. The number of ether oxygens (including phenoxy) is 2. The Hall–Kier alpha value is -1.46. The summed E-state index contributed by atoms with van der Waals surface area (Å²) < 4.78 is 10.8. The number of rotatable bonds is 5. The van der Waals surface area contributed by atoms with Gasteiger partial charge in [0.05, 0.1) is 14.2 Å². The number of hydrogen-bond donors (Lipinski definition) is 0. The van der Waals surface area contributed by atoms with E-state index in [0.29, 0.717) is 12.3 Å². The van der Waals surface area contributed by atoms with E-state index in [4.69, 9.17) is 9.47 Å². The van der Waals surface area contributed by atoms with Crippen molar-refractivity contribution in [1.29, 1.82) is 0 Å². The zero-order chi connectivity index (χ0) is 16.9. The molecular weight excluding hydrogens is 340 g/mol. The van der Waals surface area contributed by atoms with Crippen LogP contribution in [0.1, 0.15) is 36.8 Å². The van der Waals surface area contributed by atoms with Crippen molar-refractivity contribution < 1.29 is 14.3 Å². The topological polar surface area (TPSA) is 42.0 Å². The molecule has 0 bridgehead atoms. The SMILES string of the molecule is COc1cc2c(cc1OC)CN(CCC(=O)N1CCCCC1)CC2.Cl. The molecule has 6 heteroatoms. The van der Waals surface area contributed by atoms with Gasteiger partial charge in [0.2, 0.25) is 5.91 Å². The number of hydrogen-bond acceptors (Lipinski definition) is 4. The molecule has 1 aromatic rings. The first-order valence-electron chi connectivity index (χ1n) is 8.95. The van der Waals surface area contributed by atoms with Gasteiger partial charge in [-0.25, -0.2) is 0 Å². The lowest BCUT2D eigenvalue weighted by molar-refractivity contribution is -0.132. The van der Waals surface area contributed by atoms with Gasteiger partial charge in [0, 0.05) is 39.1 Å². The van der Waals surface area contributed by atoms with Crippen molar-refractivity contribution in [2.24, 2.45) is 0 Å². The lowest BCUT2D eigenvalue weighted by atomic mass is 9.98. The summed E-state index contributed by atoms with van der Waals surface area (Å²) in [5, 5.41) is 0. The van der Waals surface area contributed by atoms with Crippen molar-refractivity contribution in [3.63, 3.8) is 0 Å². The number of piperidine rings is 1. The Bertz CT molecular complexity index is 588. The number of amides is 1. The molecule has 2 aliphatic rings. The average Bonchev–Trinajstić information content (AvgIpc) is 2.65. The summed E-state index contributed by atoms with van der Waals surface area (Å²) in [5.41, 5.74) is 2.61. The van der Waals surface area contributed by atoms with Crippen LogP contribution >= 0.6 is 12.4 Å². The van der Waals surface area contributed by atoms with E-state index < -0.39 is 0 Å². The summed E-state index contributed by atoms with van der Waals surface area (Å²) >= 11 is 0. The maximum Gasteiger partial charge on any atom is 0.223 e. The molecule has 0 radical (unpaired) electrons. The minimum absolute atomic E-state index is 0. The molecule has 2 aliphatic heterocycles. The molecule has 1 fully saturated rings. The van der Waals surface area contributed by atoms with Gasteiger partial charge in [-0.05, 0) is 48.9 Å². The predicted molar refractivity (Wildman–Crippen MR) is 101 cm³/mol. The van der Waals surface area contributed by atoms with Crippen molar-refractivity contribution in [2.45, 2.75) is 38.6 Å². The minimum Gasteiger partial charge on any atom is -0.493 e. The maximum atomic E-state index is 12.3. The molecule has 5 nitrogen and oxygen atoms in total. The van der Waals surface area contributed by atoms with Gasteiger partial charge in [-0.15, -0.1) is 12.4 Å². The van der Waals surface area contributed by atoms with Gasteiger partial charge < -0.3 is 14.4 Å². The van der Waals surface area contributed by atoms with Gasteiger partial charge in [0.1, 0.15) is 0 Å². The van der Waals surface area contributed by atoms with Crippen LogP contribution in [0.25, 0.3) is 0 Å². The standard InChI is InChI=1S/C19H28N2O3.ClH/c1-23-17-12-15-6-10-20(14-16(15)13-18(17)24-2)11-7-19(22)21-8-4-3-5-9-21;/h12-13H,3-11,14H2,1-2H3;1H. The number of benzene rings is 1. The van der Waals surface area contributed by atoms with Gasteiger partial charge in [0.15, 0.2) is 11.5 Å². The second-order valence-electron chi connectivity index (χ2n) is 6.69. The number of likely N-dealkylation sites (tertiary alicyclic amines) is 1. The molecule has 1 amide bonds. The smallest absolute Gasteiger partial charge is 0.223 e. The second-order valence-corrected chi connectivity index (χ2v) is 6.69. The number of carbonyl (C=O) groups excluding carboxylic acids is 1. The Balaban J connectivity index is 0.00000225. The molecule has 0 unspecified atom stereocenters. The molecule has 140 valence electrons. The van der Waals surface area contributed by atoms with Crippen LogP contribution in [0.2, 0.25) is 0 Å². The van der Waals surface area contributed by atoms with E-state index in [1.54, 1.807) is 14.2 Å². The van der Waals surface area contributed by atoms with Crippen LogP contribution < -0.4 is 9.47 Å². The molecule has 0 aliphatic carbocycles. The van der Waals surface area contributed by atoms with Crippen LogP contribution in [-0.2, 0) is 17.8 Å². The van der Waals surface area contributed by atoms with Crippen LogP contribution in [0.3, 0.4) is 0 Å². The van der Waals surface area contributed by atoms with E-state index in [1.807, 2.05) is 4.90 Å². The second kappa shape index (κ2) is 9.30. The van der Waals surface area contributed by atoms with Crippen molar-refractivity contribution >= 4 is 18.3 Å². The first kappa shape index (κ1) is 19.9. The van der Waals surface area contributed by atoms with Crippen LogP contribution in [0.15, 0.2) is 12.1 Å². The third kappa shape index (κ3) is 4.79. The lowest BCUT2D eigenvalue weighted by Gasteiger charge is -2.31. The average molecular weight is 369 g/mol. The maximum absolute atomic E-state index is 12.3. The molecular formula is C19H29ClN2O3. The third-order valence-corrected chi connectivity index (χ3v) is 5.15. The highest BCUT2D eigenvalue weighted by atomic mass is 35.5. The third-order valence-electron chi connectivity index (χ3n) is 5.15. The van der Waals surface area contributed by atoms with E-state index in [9.17, 15) is 4.79 Å². The Morgan fingerprint density at radius 2 is 1.64 bits per heavy atom. The molecule has 2 heterocycles. The summed E-state index contributed by atoms with van der Waals surface area (Å²) in [4.78, 5) is 16.7. The minimum atomic E-state index is 0. The quantitative estimate of drug-likeness (QED) is 0.801. The number of carbonyl (C=O) groups is 1. The fourth-order valence-corrected chi connectivity index (χ4v) is 3.69. The lowest BCUT2D eigenvalue weighted by Crippen LogP contribution is -2.39. The predicted octanol–water partition coefficient (Wildman–Crippen LogP) is 2.89. The fourth-order valence-electron chi connectivity index (χ4n) is 3.69. The summed E-state index contributed by atoms with van der Waals surface area (Å²) in [5.74, 6) is 1.89. The highest BCUT2D eigenvalue weighted by Crippen LogP contribution is 2.33. The van der Waals surface area contributed by atoms with E-state index >= 15 is 0 Å². The van der Waals surface area contributed by atoms with Gasteiger partial charge in [-0.3, -0.25) is 9.69 Å². The molecule has 0 N–H and O–H groups in total. The van der Waals surface area contributed by atoms with E-state index in [1.165, 1.54) is 17.5 Å². The molecule has 25 heavy (non-hydrogen) atoms. The molecule has 0 atom stereocenters. The van der Waals surface area contributed by atoms with Crippen molar-refractivity contribution in [3.05, 3.63) is 23.3 Å². The first-order chi connectivity index (χ1) is 11.7. The summed E-state index contributed by atoms with van der Waals surface area (Å²) in [7, 11) is 3.34. The highest BCUT2D eigenvalue weighted by molar-refractivity contribution is 5.85. The summed E-state index contributed by atoms with van der Waals surface area (Å²) in [6, 6.07) is 4.16.